The van der Waals surface area contributed by atoms with Gasteiger partial charge in [-0.25, -0.2) is 0 Å². The van der Waals surface area contributed by atoms with Gasteiger partial charge in [0, 0.05) is 0 Å². The van der Waals surface area contributed by atoms with Gasteiger partial charge in [0.1, 0.15) is 5.75 Å². The lowest BCUT2D eigenvalue weighted by molar-refractivity contribution is 0.536. The van der Waals surface area contributed by atoms with Crippen molar-refractivity contribution in [3.05, 3.63) is 29.8 Å². The molecule has 1 rings (SSSR count). The van der Waals surface area contributed by atoms with Crippen molar-refractivity contribution in [2.75, 3.05) is 0 Å². The molecule has 1 aromatic rings. The lowest BCUT2D eigenvalue weighted by Gasteiger charge is -2.10. The fourth-order valence-corrected chi connectivity index (χ4v) is 1.41. The maximum atomic E-state index is 5.33. The van der Waals surface area contributed by atoms with Gasteiger partial charge in [-0.15, -0.1) is 0 Å². The summed E-state index contributed by atoms with van der Waals surface area (Å²) in [6.45, 7) is 4.33. The Morgan fingerprint density at radius 3 is 2.64 bits per heavy atom. The van der Waals surface area contributed by atoms with Crippen LogP contribution in [0.4, 0.5) is 0 Å². The van der Waals surface area contributed by atoms with E-state index in [4.69, 9.17) is 22.7 Å². The molecule has 2 nitrogen and oxygen atoms in total. The zero-order chi connectivity index (χ0) is 10.6. The van der Waals surface area contributed by atoms with Crippen molar-refractivity contribution in [2.45, 2.75) is 20.3 Å². The maximum Gasteiger partial charge on any atom is 0.259 e. The summed E-state index contributed by atoms with van der Waals surface area (Å²) in [6.07, 6.45) is 0.971. The zero-order valence-corrected chi connectivity index (χ0v) is 9.30. The predicted molar refractivity (Wildman–Crippen MR) is 62.4 cm³/mol. The molecule has 0 bridgehead atoms. The van der Waals surface area contributed by atoms with Gasteiger partial charge in [-0.1, -0.05) is 32.0 Å². The number of para-hydroxylation sites is 1. The molecule has 3 heteroatoms. The summed E-state index contributed by atoms with van der Waals surface area (Å²) in [5.41, 5.74) is 6.48. The van der Waals surface area contributed by atoms with E-state index in [-0.39, 0.29) is 5.17 Å². The van der Waals surface area contributed by atoms with Crippen molar-refractivity contribution in [1.29, 1.82) is 0 Å². The van der Waals surface area contributed by atoms with Crippen molar-refractivity contribution in [3.8, 4) is 5.75 Å². The summed E-state index contributed by atoms with van der Waals surface area (Å²) in [5.74, 6) is 1.36. The molecule has 0 heterocycles. The van der Waals surface area contributed by atoms with Crippen LogP contribution in [-0.2, 0) is 6.42 Å². The molecule has 0 saturated heterocycles. The van der Waals surface area contributed by atoms with E-state index in [1.165, 1.54) is 0 Å². The molecule has 2 N–H and O–H groups in total. The molecule has 0 aliphatic rings. The van der Waals surface area contributed by atoms with Gasteiger partial charge in [0.25, 0.3) is 5.17 Å². The van der Waals surface area contributed by atoms with Crippen molar-refractivity contribution < 1.29 is 4.74 Å². The molecule has 76 valence electrons. The van der Waals surface area contributed by atoms with Crippen LogP contribution in [0.2, 0.25) is 0 Å². The van der Waals surface area contributed by atoms with E-state index in [1.807, 2.05) is 24.3 Å². The number of rotatable bonds is 3. The van der Waals surface area contributed by atoms with E-state index in [0.717, 1.165) is 17.7 Å². The van der Waals surface area contributed by atoms with Crippen LogP contribution in [0.5, 0.6) is 5.75 Å². The molecule has 0 aromatic heterocycles. The lowest BCUT2D eigenvalue weighted by atomic mass is 10.0. The van der Waals surface area contributed by atoms with E-state index in [0.29, 0.717) is 5.92 Å². The van der Waals surface area contributed by atoms with E-state index in [9.17, 15) is 0 Å². The van der Waals surface area contributed by atoms with Gasteiger partial charge in [-0.05, 0) is 36.2 Å². The van der Waals surface area contributed by atoms with Gasteiger partial charge in [-0.2, -0.15) is 0 Å². The summed E-state index contributed by atoms with van der Waals surface area (Å²) < 4.78 is 5.26. The number of ether oxygens (including phenoxy) is 1. The molecule has 14 heavy (non-hydrogen) atoms. The average molecular weight is 209 g/mol. The molecule has 0 amide bonds. The molecule has 1 aromatic carbocycles. The van der Waals surface area contributed by atoms with Crippen LogP contribution < -0.4 is 10.5 Å². The lowest BCUT2D eigenvalue weighted by Crippen LogP contribution is -2.17. The molecule has 0 fully saturated rings. The molecule has 0 radical (unpaired) electrons. The Labute approximate surface area is 90.1 Å². The summed E-state index contributed by atoms with van der Waals surface area (Å²) in [6, 6.07) is 7.83. The molecular formula is C11H15NOS. The smallest absolute Gasteiger partial charge is 0.259 e. The summed E-state index contributed by atoms with van der Waals surface area (Å²) in [5, 5.41) is 0.0706. The Morgan fingerprint density at radius 2 is 2.07 bits per heavy atom. The van der Waals surface area contributed by atoms with Gasteiger partial charge >= 0.3 is 0 Å². The summed E-state index contributed by atoms with van der Waals surface area (Å²) in [7, 11) is 0. The minimum atomic E-state index is 0.0706. The van der Waals surface area contributed by atoms with Crippen LogP contribution in [0.25, 0.3) is 0 Å². The molecule has 0 atom stereocenters. The monoisotopic (exact) mass is 209 g/mol. The second-order valence-electron chi connectivity index (χ2n) is 3.63. The standard InChI is InChI=1S/C11H15NOS/c1-8(2)7-9-5-3-4-6-10(9)13-11(12)14/h3-6,8H,7H2,1-2H3,(H2,12,14). The minimum Gasteiger partial charge on any atom is -0.432 e. The maximum absolute atomic E-state index is 5.33. The Morgan fingerprint density at radius 1 is 1.43 bits per heavy atom. The van der Waals surface area contributed by atoms with Crippen LogP contribution in [0.3, 0.4) is 0 Å². The Hall–Kier alpha value is -1.09. The zero-order valence-electron chi connectivity index (χ0n) is 8.49. The van der Waals surface area contributed by atoms with Gasteiger partial charge in [0.2, 0.25) is 0 Å². The highest BCUT2D eigenvalue weighted by Gasteiger charge is 2.05. The van der Waals surface area contributed by atoms with Gasteiger partial charge in [-0.3, -0.25) is 0 Å². The van der Waals surface area contributed by atoms with E-state index in [2.05, 4.69) is 13.8 Å². The number of thiocarbonyl (C=S) groups is 1. The van der Waals surface area contributed by atoms with Gasteiger partial charge in [0.05, 0.1) is 0 Å². The SMILES string of the molecule is CC(C)Cc1ccccc1OC(N)=S. The second-order valence-corrected chi connectivity index (χ2v) is 4.03. The number of hydrogen-bond acceptors (Lipinski definition) is 2. The van der Waals surface area contributed by atoms with Crippen molar-refractivity contribution >= 4 is 17.4 Å². The van der Waals surface area contributed by atoms with Gasteiger partial charge < -0.3 is 10.5 Å². The Bertz CT molecular complexity index is 323. The Kier molecular flexibility index (Phi) is 3.89. The third-order valence-electron chi connectivity index (χ3n) is 1.81. The minimum absolute atomic E-state index is 0.0706. The highest BCUT2D eigenvalue weighted by atomic mass is 32.1. The van der Waals surface area contributed by atoms with E-state index >= 15 is 0 Å². The third-order valence-corrected chi connectivity index (χ3v) is 1.89. The quantitative estimate of drug-likeness (QED) is 0.777. The largest absolute Gasteiger partial charge is 0.432 e. The first-order valence-corrected chi connectivity index (χ1v) is 5.05. The molecule has 0 unspecified atom stereocenters. The van der Waals surface area contributed by atoms with Crippen molar-refractivity contribution in [2.24, 2.45) is 11.7 Å². The average Bonchev–Trinajstić information content (AvgIpc) is 2.06. The fourth-order valence-electron chi connectivity index (χ4n) is 1.32. The molecule has 0 aliphatic carbocycles. The van der Waals surface area contributed by atoms with Crippen LogP contribution in [0.15, 0.2) is 24.3 Å². The Balaban J connectivity index is 2.85. The summed E-state index contributed by atoms with van der Waals surface area (Å²) >= 11 is 4.71. The van der Waals surface area contributed by atoms with Crippen molar-refractivity contribution in [3.63, 3.8) is 0 Å². The first kappa shape index (κ1) is 11.0. The van der Waals surface area contributed by atoms with E-state index < -0.39 is 0 Å². The molecule has 0 spiro atoms. The first-order valence-electron chi connectivity index (χ1n) is 4.64. The molecule has 0 saturated carbocycles. The van der Waals surface area contributed by atoms with Crippen LogP contribution in [-0.4, -0.2) is 5.17 Å². The fraction of sp³-hybridized carbons (Fsp3) is 0.364. The van der Waals surface area contributed by atoms with Gasteiger partial charge in [0.15, 0.2) is 0 Å². The van der Waals surface area contributed by atoms with Crippen LogP contribution in [0.1, 0.15) is 19.4 Å². The highest BCUT2D eigenvalue weighted by molar-refractivity contribution is 7.80. The first-order chi connectivity index (χ1) is 6.59. The normalized spacial score (nSPS) is 10.2. The number of nitrogens with two attached hydrogens (primary N) is 1. The molecule has 0 aliphatic heterocycles. The third kappa shape index (κ3) is 3.34. The summed E-state index contributed by atoms with van der Waals surface area (Å²) in [4.78, 5) is 0. The van der Waals surface area contributed by atoms with E-state index in [1.54, 1.807) is 0 Å². The predicted octanol–water partition coefficient (Wildman–Crippen LogP) is 2.51. The molecular weight excluding hydrogens is 194 g/mol. The second kappa shape index (κ2) is 4.96. The number of hydrogen-bond donors (Lipinski definition) is 1. The topological polar surface area (TPSA) is 35.2 Å². The van der Waals surface area contributed by atoms with Crippen LogP contribution >= 0.6 is 12.2 Å². The van der Waals surface area contributed by atoms with Crippen molar-refractivity contribution in [1.82, 2.24) is 0 Å². The van der Waals surface area contributed by atoms with Crippen LogP contribution in [0, 0.1) is 5.92 Å². The highest BCUT2D eigenvalue weighted by Crippen LogP contribution is 2.21. The number of benzene rings is 1.